The van der Waals surface area contributed by atoms with Crippen LogP contribution < -0.4 is 0 Å². The maximum atomic E-state index is 5.67. The van der Waals surface area contributed by atoms with Gasteiger partial charge >= 0.3 is 0 Å². The van der Waals surface area contributed by atoms with E-state index in [1.807, 2.05) is 0 Å². The second-order valence-electron chi connectivity index (χ2n) is 4.57. The second kappa shape index (κ2) is 8.35. The predicted molar refractivity (Wildman–Crippen MR) is 71.7 cm³/mol. The second-order valence-corrected chi connectivity index (χ2v) is 5.37. The van der Waals surface area contributed by atoms with E-state index < -0.39 is 0 Å². The van der Waals surface area contributed by atoms with E-state index in [1.165, 1.54) is 18.4 Å². The fourth-order valence-corrected chi connectivity index (χ4v) is 1.89. The van der Waals surface area contributed by atoms with Gasteiger partial charge in [-0.25, -0.2) is 0 Å². The highest BCUT2D eigenvalue weighted by atomic mass is 79.9. The largest absolute Gasteiger partial charge is 0.376 e. The zero-order chi connectivity index (χ0) is 11.7. The van der Waals surface area contributed by atoms with Crippen molar-refractivity contribution in [3.05, 3.63) is 11.6 Å². The number of alkyl halides is 1. The van der Waals surface area contributed by atoms with Crippen molar-refractivity contribution in [2.24, 2.45) is 0 Å². The zero-order valence-electron chi connectivity index (χ0n) is 10.6. The third-order valence-electron chi connectivity index (χ3n) is 2.49. The van der Waals surface area contributed by atoms with Gasteiger partial charge in [0.25, 0.3) is 0 Å². The Kier molecular flexibility index (Phi) is 8.45. The summed E-state index contributed by atoms with van der Waals surface area (Å²) < 4.78 is 5.67. The number of rotatable bonds is 8. The Morgan fingerprint density at radius 1 is 1.40 bits per heavy atom. The average molecular weight is 277 g/mol. The number of hydrogen-bond donors (Lipinski definition) is 0. The molecule has 0 aromatic heterocycles. The van der Waals surface area contributed by atoms with E-state index in [0.29, 0.717) is 0 Å². The third-order valence-corrected chi connectivity index (χ3v) is 2.94. The predicted octanol–water partition coefficient (Wildman–Crippen LogP) is 4.70. The van der Waals surface area contributed by atoms with E-state index in [2.05, 4.69) is 49.7 Å². The smallest absolute Gasteiger partial charge is 0.0626 e. The summed E-state index contributed by atoms with van der Waals surface area (Å²) in [7, 11) is 0. The highest BCUT2D eigenvalue weighted by Crippen LogP contribution is 2.19. The summed E-state index contributed by atoms with van der Waals surface area (Å²) in [5.74, 6) is 0. The molecule has 1 nitrogen and oxygen atoms in total. The topological polar surface area (TPSA) is 9.23 Å². The van der Waals surface area contributed by atoms with Crippen LogP contribution in [0, 0.1) is 0 Å². The van der Waals surface area contributed by atoms with Gasteiger partial charge in [0.1, 0.15) is 0 Å². The van der Waals surface area contributed by atoms with Crippen molar-refractivity contribution in [2.75, 3.05) is 11.9 Å². The molecule has 0 heterocycles. The van der Waals surface area contributed by atoms with Crippen LogP contribution in [0.25, 0.3) is 0 Å². The van der Waals surface area contributed by atoms with Crippen molar-refractivity contribution in [1.29, 1.82) is 0 Å². The molecule has 15 heavy (non-hydrogen) atoms. The molecule has 0 rings (SSSR count). The Morgan fingerprint density at radius 2 is 2.07 bits per heavy atom. The number of ether oxygens (including phenoxy) is 1. The van der Waals surface area contributed by atoms with Gasteiger partial charge in [0.05, 0.1) is 5.60 Å². The van der Waals surface area contributed by atoms with Crippen molar-refractivity contribution in [1.82, 2.24) is 0 Å². The maximum absolute atomic E-state index is 5.67. The highest BCUT2D eigenvalue weighted by molar-refractivity contribution is 9.09. The Bertz CT molecular complexity index is 185. The van der Waals surface area contributed by atoms with Gasteiger partial charge in [-0.3, -0.25) is 0 Å². The van der Waals surface area contributed by atoms with Crippen molar-refractivity contribution < 1.29 is 4.74 Å². The van der Waals surface area contributed by atoms with Crippen LogP contribution in [0.1, 0.15) is 53.4 Å². The van der Waals surface area contributed by atoms with Gasteiger partial charge < -0.3 is 4.74 Å². The third kappa shape index (κ3) is 9.13. The molecular formula is C13H25BrO. The molecule has 0 aromatic carbocycles. The van der Waals surface area contributed by atoms with Crippen LogP contribution in [0.15, 0.2) is 11.6 Å². The molecule has 90 valence electrons. The lowest BCUT2D eigenvalue weighted by molar-refractivity contribution is -0.0173. The van der Waals surface area contributed by atoms with Crippen LogP contribution in [0.4, 0.5) is 0 Å². The normalized spacial score (nSPS) is 13.3. The monoisotopic (exact) mass is 276 g/mol. The number of halogens is 1. The van der Waals surface area contributed by atoms with Crippen LogP contribution in [-0.4, -0.2) is 17.5 Å². The minimum Gasteiger partial charge on any atom is -0.376 e. The Labute approximate surface area is 103 Å². The first-order valence-electron chi connectivity index (χ1n) is 5.87. The molecule has 0 aliphatic carbocycles. The standard InChI is InChI=1S/C13H25BrO/c1-5-15-13(3,4)10-6-8-12(2)9-7-11-14/h9H,5-8,10-11H2,1-4H3. The zero-order valence-corrected chi connectivity index (χ0v) is 12.2. The van der Waals surface area contributed by atoms with Crippen molar-refractivity contribution in [3.63, 3.8) is 0 Å². The van der Waals surface area contributed by atoms with Gasteiger partial charge in [0.2, 0.25) is 0 Å². The Morgan fingerprint density at radius 3 is 2.60 bits per heavy atom. The molecule has 0 aromatic rings. The number of allylic oxidation sites excluding steroid dienone is 2. The Hall–Kier alpha value is 0.180. The van der Waals surface area contributed by atoms with E-state index >= 15 is 0 Å². The molecule has 0 bridgehead atoms. The van der Waals surface area contributed by atoms with Crippen LogP contribution in [0.5, 0.6) is 0 Å². The molecule has 0 aliphatic heterocycles. The summed E-state index contributed by atoms with van der Waals surface area (Å²) in [6, 6.07) is 0. The molecule has 0 amide bonds. The lowest BCUT2D eigenvalue weighted by atomic mass is 9.99. The van der Waals surface area contributed by atoms with Gasteiger partial charge in [0, 0.05) is 11.9 Å². The molecule has 2 heteroatoms. The van der Waals surface area contributed by atoms with Crippen molar-refractivity contribution in [2.45, 2.75) is 59.0 Å². The van der Waals surface area contributed by atoms with Crippen molar-refractivity contribution >= 4 is 15.9 Å². The summed E-state index contributed by atoms with van der Waals surface area (Å²) in [4.78, 5) is 0. The molecule has 0 N–H and O–H groups in total. The van der Waals surface area contributed by atoms with E-state index in [0.717, 1.165) is 24.8 Å². The lowest BCUT2D eigenvalue weighted by Crippen LogP contribution is -2.24. The fraction of sp³-hybridized carbons (Fsp3) is 0.846. The van der Waals surface area contributed by atoms with Gasteiger partial charge in [-0.05, 0) is 53.4 Å². The summed E-state index contributed by atoms with van der Waals surface area (Å²) in [6.45, 7) is 9.44. The molecule has 0 unspecified atom stereocenters. The first kappa shape index (κ1) is 15.2. The van der Waals surface area contributed by atoms with Crippen LogP contribution >= 0.6 is 15.9 Å². The van der Waals surface area contributed by atoms with Gasteiger partial charge in [-0.2, -0.15) is 0 Å². The SMILES string of the molecule is CCOC(C)(C)CCCC(C)=CCCBr. The molecule has 0 radical (unpaired) electrons. The summed E-state index contributed by atoms with van der Waals surface area (Å²) in [6.07, 6.45) is 7.02. The summed E-state index contributed by atoms with van der Waals surface area (Å²) in [5.41, 5.74) is 1.55. The van der Waals surface area contributed by atoms with E-state index in [-0.39, 0.29) is 5.60 Å². The number of hydrogen-bond acceptors (Lipinski definition) is 1. The molecule has 0 spiro atoms. The molecule has 0 saturated carbocycles. The molecular weight excluding hydrogens is 252 g/mol. The summed E-state index contributed by atoms with van der Waals surface area (Å²) in [5, 5.41) is 1.06. The van der Waals surface area contributed by atoms with E-state index in [4.69, 9.17) is 4.74 Å². The fourth-order valence-electron chi connectivity index (χ4n) is 1.66. The highest BCUT2D eigenvalue weighted by Gasteiger charge is 2.16. The minimum absolute atomic E-state index is 0.0461. The lowest BCUT2D eigenvalue weighted by Gasteiger charge is -2.24. The Balaban J connectivity index is 3.68. The van der Waals surface area contributed by atoms with Crippen molar-refractivity contribution in [3.8, 4) is 0 Å². The van der Waals surface area contributed by atoms with Gasteiger partial charge in [-0.1, -0.05) is 27.6 Å². The van der Waals surface area contributed by atoms with E-state index in [9.17, 15) is 0 Å². The quantitative estimate of drug-likeness (QED) is 0.461. The first-order valence-corrected chi connectivity index (χ1v) is 6.99. The average Bonchev–Trinajstić information content (AvgIpc) is 2.14. The molecule has 0 atom stereocenters. The van der Waals surface area contributed by atoms with Crippen LogP contribution in [-0.2, 0) is 4.74 Å². The van der Waals surface area contributed by atoms with Gasteiger partial charge in [0.15, 0.2) is 0 Å². The minimum atomic E-state index is 0.0461. The van der Waals surface area contributed by atoms with E-state index in [1.54, 1.807) is 0 Å². The molecule has 0 saturated heterocycles. The summed E-state index contributed by atoms with van der Waals surface area (Å²) >= 11 is 3.43. The van der Waals surface area contributed by atoms with Crippen LogP contribution in [0.3, 0.4) is 0 Å². The van der Waals surface area contributed by atoms with Crippen LogP contribution in [0.2, 0.25) is 0 Å². The maximum Gasteiger partial charge on any atom is 0.0626 e. The molecule has 0 fully saturated rings. The van der Waals surface area contributed by atoms with Gasteiger partial charge in [-0.15, -0.1) is 0 Å². The first-order chi connectivity index (χ1) is 7.02. The molecule has 0 aliphatic rings.